The van der Waals surface area contributed by atoms with Crippen molar-refractivity contribution >= 4 is 0 Å². The molecule has 0 aliphatic heterocycles. The van der Waals surface area contributed by atoms with Gasteiger partial charge in [0.05, 0.1) is 12.8 Å². The van der Waals surface area contributed by atoms with Gasteiger partial charge < -0.3 is 19.1 Å². The maximum atomic E-state index is 5.44. The Kier molecular flexibility index (Phi) is 2.60. The summed E-state index contributed by atoms with van der Waals surface area (Å²) >= 11 is 0. The Morgan fingerprint density at radius 3 is 2.94 bits per heavy atom. The minimum absolute atomic E-state index is 0.506. The predicted octanol–water partition coefficient (Wildman–Crippen LogP) is 1.99. The number of rotatable bonds is 4. The number of aromatic amines is 2. The quantitative estimate of drug-likeness (QED) is 0.735. The summed E-state index contributed by atoms with van der Waals surface area (Å²) in [4.78, 5) is 14.6. The monoisotopic (exact) mass is 244 g/mol. The van der Waals surface area contributed by atoms with Gasteiger partial charge in [-0.2, -0.15) is 0 Å². The molecule has 0 amide bonds. The van der Waals surface area contributed by atoms with Crippen LogP contribution in [0.1, 0.15) is 11.5 Å². The van der Waals surface area contributed by atoms with E-state index in [9.17, 15) is 0 Å². The van der Waals surface area contributed by atoms with E-state index < -0.39 is 0 Å². The summed E-state index contributed by atoms with van der Waals surface area (Å²) in [6.07, 6.45) is 5.90. The molecule has 6 heteroatoms. The van der Waals surface area contributed by atoms with Crippen LogP contribution in [0.2, 0.25) is 0 Å². The molecule has 0 radical (unpaired) electrons. The predicted molar refractivity (Wildman–Crippen MR) is 64.2 cm³/mol. The lowest BCUT2D eigenvalue weighted by Gasteiger charge is -1.93. The van der Waals surface area contributed by atoms with Crippen molar-refractivity contribution in [3.8, 4) is 17.6 Å². The minimum Gasteiger partial charge on any atom is -0.468 e. The van der Waals surface area contributed by atoms with Gasteiger partial charge in [0.25, 0.3) is 5.95 Å². The van der Waals surface area contributed by atoms with Gasteiger partial charge in [-0.1, -0.05) is 0 Å². The van der Waals surface area contributed by atoms with Crippen LogP contribution in [-0.4, -0.2) is 27.0 Å². The summed E-state index contributed by atoms with van der Waals surface area (Å²) in [6.45, 7) is 0. The number of methoxy groups -OCH3 is 1. The van der Waals surface area contributed by atoms with E-state index in [1.165, 1.54) is 0 Å². The summed E-state index contributed by atoms with van der Waals surface area (Å²) in [5, 5.41) is 0. The molecule has 0 spiro atoms. The van der Waals surface area contributed by atoms with Gasteiger partial charge in [-0.15, -0.1) is 0 Å². The third-order valence-corrected chi connectivity index (χ3v) is 2.55. The molecule has 3 aromatic heterocycles. The number of nitrogens with zero attached hydrogens (tertiary/aromatic N) is 2. The Balaban J connectivity index is 1.77. The van der Waals surface area contributed by atoms with E-state index in [0.29, 0.717) is 18.2 Å². The molecule has 0 saturated carbocycles. The Hall–Kier alpha value is -2.50. The van der Waals surface area contributed by atoms with Crippen molar-refractivity contribution in [3.63, 3.8) is 0 Å². The lowest BCUT2D eigenvalue weighted by Crippen LogP contribution is -1.87. The Labute approximate surface area is 103 Å². The zero-order valence-electron chi connectivity index (χ0n) is 9.80. The van der Waals surface area contributed by atoms with Gasteiger partial charge >= 0.3 is 0 Å². The minimum atomic E-state index is 0.506. The maximum absolute atomic E-state index is 5.44. The molecule has 92 valence electrons. The fourth-order valence-electron chi connectivity index (χ4n) is 1.71. The molecule has 3 aromatic rings. The van der Waals surface area contributed by atoms with Crippen LogP contribution >= 0.6 is 0 Å². The number of ether oxygens (including phenoxy) is 1. The van der Waals surface area contributed by atoms with Crippen LogP contribution in [0.4, 0.5) is 0 Å². The van der Waals surface area contributed by atoms with Crippen molar-refractivity contribution in [2.75, 3.05) is 7.11 Å². The molecule has 3 heterocycles. The van der Waals surface area contributed by atoms with Crippen molar-refractivity contribution < 1.29 is 9.15 Å². The molecule has 3 rings (SSSR count). The molecule has 0 aliphatic carbocycles. The van der Waals surface area contributed by atoms with Crippen LogP contribution in [0.3, 0.4) is 0 Å². The highest BCUT2D eigenvalue weighted by Crippen LogP contribution is 2.18. The van der Waals surface area contributed by atoms with E-state index in [0.717, 1.165) is 17.3 Å². The molecule has 2 N–H and O–H groups in total. The van der Waals surface area contributed by atoms with Gasteiger partial charge in [0.2, 0.25) is 0 Å². The standard InChI is InChI=1S/C12H12N4O2/c1-17-10-3-2-9(18-10)6-8-7-15-12(16-8)11-13-4-5-14-11/h2-5,7H,6H2,1H3,(H,13,14)(H,15,16). The summed E-state index contributed by atoms with van der Waals surface area (Å²) in [5.74, 6) is 2.75. The van der Waals surface area contributed by atoms with E-state index in [1.54, 1.807) is 25.6 Å². The van der Waals surface area contributed by atoms with Crippen LogP contribution in [0.5, 0.6) is 5.95 Å². The largest absolute Gasteiger partial charge is 0.468 e. The van der Waals surface area contributed by atoms with Crippen molar-refractivity contribution in [1.29, 1.82) is 0 Å². The molecule has 18 heavy (non-hydrogen) atoms. The number of furan rings is 1. The smallest absolute Gasteiger partial charge is 0.284 e. The third kappa shape index (κ3) is 2.00. The van der Waals surface area contributed by atoms with E-state index in [2.05, 4.69) is 19.9 Å². The van der Waals surface area contributed by atoms with Crippen molar-refractivity contribution in [3.05, 3.63) is 42.2 Å². The molecule has 0 fully saturated rings. The van der Waals surface area contributed by atoms with Gasteiger partial charge in [-0.05, 0) is 6.07 Å². The van der Waals surface area contributed by atoms with Crippen molar-refractivity contribution in [2.45, 2.75) is 6.42 Å². The van der Waals surface area contributed by atoms with Crippen LogP contribution in [0.25, 0.3) is 11.6 Å². The first kappa shape index (κ1) is 10.6. The number of hydrogen-bond donors (Lipinski definition) is 2. The topological polar surface area (TPSA) is 79.7 Å². The average molecular weight is 244 g/mol. The van der Waals surface area contributed by atoms with Crippen LogP contribution in [-0.2, 0) is 6.42 Å². The summed E-state index contributed by atoms with van der Waals surface area (Å²) < 4.78 is 10.4. The first-order valence-corrected chi connectivity index (χ1v) is 5.52. The van der Waals surface area contributed by atoms with Gasteiger partial charge in [-0.25, -0.2) is 9.97 Å². The van der Waals surface area contributed by atoms with E-state index in [-0.39, 0.29) is 0 Å². The fraction of sp³-hybridized carbons (Fsp3) is 0.167. The second-order valence-corrected chi connectivity index (χ2v) is 3.78. The molecule has 0 aromatic carbocycles. The van der Waals surface area contributed by atoms with Gasteiger partial charge in [0, 0.05) is 31.1 Å². The lowest BCUT2D eigenvalue weighted by molar-refractivity contribution is 0.296. The molecular weight excluding hydrogens is 232 g/mol. The number of aromatic nitrogens is 4. The average Bonchev–Trinajstić information content (AvgIpc) is 3.10. The van der Waals surface area contributed by atoms with E-state index in [4.69, 9.17) is 9.15 Å². The fourth-order valence-corrected chi connectivity index (χ4v) is 1.71. The highest BCUT2D eigenvalue weighted by molar-refractivity contribution is 5.43. The summed E-state index contributed by atoms with van der Waals surface area (Å²) in [5.41, 5.74) is 0.887. The SMILES string of the molecule is COc1ccc(Cc2c[nH]c(-c3ncc[nH]3)n2)o1. The summed E-state index contributed by atoms with van der Waals surface area (Å²) in [6, 6.07) is 3.66. The Bertz CT molecular complexity index is 624. The maximum Gasteiger partial charge on any atom is 0.284 e. The van der Waals surface area contributed by atoms with Crippen LogP contribution in [0, 0.1) is 0 Å². The zero-order valence-corrected chi connectivity index (χ0v) is 9.80. The number of nitrogens with one attached hydrogen (secondary N) is 2. The second-order valence-electron chi connectivity index (χ2n) is 3.78. The molecule has 6 nitrogen and oxygen atoms in total. The van der Waals surface area contributed by atoms with Crippen LogP contribution < -0.4 is 4.74 Å². The summed E-state index contributed by atoms with van der Waals surface area (Å²) in [7, 11) is 1.58. The van der Waals surface area contributed by atoms with E-state index in [1.807, 2.05) is 12.3 Å². The number of hydrogen-bond acceptors (Lipinski definition) is 4. The lowest BCUT2D eigenvalue weighted by atomic mass is 10.3. The van der Waals surface area contributed by atoms with E-state index >= 15 is 0 Å². The van der Waals surface area contributed by atoms with Gasteiger partial charge in [0.15, 0.2) is 11.6 Å². The molecule has 0 atom stereocenters. The normalized spacial score (nSPS) is 10.7. The molecule has 0 aliphatic rings. The van der Waals surface area contributed by atoms with Crippen molar-refractivity contribution in [1.82, 2.24) is 19.9 Å². The molecule has 0 unspecified atom stereocenters. The van der Waals surface area contributed by atoms with Gasteiger partial charge in [-0.3, -0.25) is 0 Å². The molecule has 0 saturated heterocycles. The number of H-pyrrole nitrogens is 2. The second kappa shape index (κ2) is 4.40. The Morgan fingerprint density at radius 2 is 2.22 bits per heavy atom. The third-order valence-electron chi connectivity index (χ3n) is 2.55. The highest BCUT2D eigenvalue weighted by Gasteiger charge is 2.08. The van der Waals surface area contributed by atoms with Crippen molar-refractivity contribution in [2.24, 2.45) is 0 Å². The Morgan fingerprint density at radius 1 is 1.28 bits per heavy atom. The zero-order chi connectivity index (χ0) is 12.4. The number of imidazole rings is 2. The highest BCUT2D eigenvalue weighted by atomic mass is 16.6. The first-order chi connectivity index (χ1) is 8.85. The van der Waals surface area contributed by atoms with Gasteiger partial charge in [0.1, 0.15) is 5.76 Å². The molecule has 0 bridgehead atoms. The first-order valence-electron chi connectivity index (χ1n) is 5.52. The van der Waals surface area contributed by atoms with Crippen LogP contribution in [0.15, 0.2) is 35.1 Å². The molecular formula is C12H12N4O2.